The van der Waals surface area contributed by atoms with Crippen LogP contribution in [0.15, 0.2) is 35.6 Å². The lowest BCUT2D eigenvalue weighted by Gasteiger charge is -2.07. The first-order chi connectivity index (χ1) is 9.70. The average Bonchev–Trinajstić information content (AvgIpc) is 2.76. The lowest BCUT2D eigenvalue weighted by atomic mass is 10.2. The van der Waals surface area contributed by atoms with E-state index in [9.17, 15) is 0 Å². The zero-order valence-corrected chi connectivity index (χ0v) is 12.6. The monoisotopic (exact) mass is 284 g/mol. The van der Waals surface area contributed by atoms with Gasteiger partial charge in [-0.15, -0.1) is 11.8 Å². The molecule has 102 valence electrons. The van der Waals surface area contributed by atoms with Gasteiger partial charge in [0.2, 0.25) is 0 Å². The van der Waals surface area contributed by atoms with Gasteiger partial charge in [-0.25, -0.2) is 9.97 Å². The molecule has 20 heavy (non-hydrogen) atoms. The fourth-order valence-corrected chi connectivity index (χ4v) is 3.02. The fourth-order valence-electron chi connectivity index (χ4n) is 2.25. The van der Waals surface area contributed by atoms with Crippen molar-refractivity contribution in [3.05, 3.63) is 36.3 Å². The number of fused-ring (bicyclic) bond motifs is 1. The van der Waals surface area contributed by atoms with Crippen LogP contribution in [0.5, 0.6) is 0 Å². The molecule has 0 atom stereocenters. The van der Waals surface area contributed by atoms with Crippen molar-refractivity contribution in [3.63, 3.8) is 0 Å². The summed E-state index contributed by atoms with van der Waals surface area (Å²) in [6, 6.07) is 4.11. The van der Waals surface area contributed by atoms with Crippen molar-refractivity contribution in [1.29, 1.82) is 0 Å². The van der Waals surface area contributed by atoms with Gasteiger partial charge in [-0.2, -0.15) is 0 Å². The molecule has 3 rings (SSSR count). The molecular weight excluding hydrogens is 268 g/mol. The summed E-state index contributed by atoms with van der Waals surface area (Å²) in [6.07, 6.45) is 5.58. The number of aromatic nitrogens is 4. The summed E-state index contributed by atoms with van der Waals surface area (Å²) < 4.78 is 2.03. The smallest absolute Gasteiger partial charge is 0.160 e. The third-order valence-electron chi connectivity index (χ3n) is 3.17. The van der Waals surface area contributed by atoms with Crippen molar-refractivity contribution in [2.75, 3.05) is 5.75 Å². The van der Waals surface area contributed by atoms with E-state index in [0.717, 1.165) is 33.9 Å². The van der Waals surface area contributed by atoms with E-state index in [1.807, 2.05) is 43.2 Å². The third-order valence-corrected chi connectivity index (χ3v) is 4.12. The SMILES string of the molecule is CCSc1ccncc1-c1nc2cc(C)cnc2n1C. The van der Waals surface area contributed by atoms with E-state index in [1.165, 1.54) is 4.90 Å². The van der Waals surface area contributed by atoms with Gasteiger partial charge in [-0.05, 0) is 30.4 Å². The largest absolute Gasteiger partial charge is 0.312 e. The molecule has 0 aliphatic rings. The first-order valence-electron chi connectivity index (χ1n) is 6.57. The number of imidazole rings is 1. The van der Waals surface area contributed by atoms with Crippen LogP contribution in [0.1, 0.15) is 12.5 Å². The van der Waals surface area contributed by atoms with E-state index in [4.69, 9.17) is 4.98 Å². The molecule has 0 bridgehead atoms. The second kappa shape index (κ2) is 5.25. The van der Waals surface area contributed by atoms with Gasteiger partial charge >= 0.3 is 0 Å². The Kier molecular flexibility index (Phi) is 3.44. The predicted octanol–water partition coefficient (Wildman–Crippen LogP) is 3.45. The Morgan fingerprint density at radius 2 is 2.15 bits per heavy atom. The van der Waals surface area contributed by atoms with Crippen LogP contribution in [0.25, 0.3) is 22.6 Å². The van der Waals surface area contributed by atoms with E-state index in [1.54, 1.807) is 11.8 Å². The van der Waals surface area contributed by atoms with Gasteiger partial charge in [-0.1, -0.05) is 6.92 Å². The molecule has 3 aromatic heterocycles. The van der Waals surface area contributed by atoms with Gasteiger partial charge in [0.05, 0.1) is 0 Å². The number of nitrogens with zero attached hydrogens (tertiary/aromatic N) is 4. The summed E-state index contributed by atoms with van der Waals surface area (Å²) in [5, 5.41) is 0. The van der Waals surface area contributed by atoms with Gasteiger partial charge in [0, 0.05) is 36.1 Å². The van der Waals surface area contributed by atoms with Crippen LogP contribution in [0, 0.1) is 6.92 Å². The predicted molar refractivity (Wildman–Crippen MR) is 82.9 cm³/mol. The second-order valence-electron chi connectivity index (χ2n) is 4.65. The van der Waals surface area contributed by atoms with Crippen LogP contribution < -0.4 is 0 Å². The van der Waals surface area contributed by atoms with Crippen LogP contribution >= 0.6 is 11.8 Å². The molecule has 3 aromatic rings. The maximum absolute atomic E-state index is 4.73. The van der Waals surface area contributed by atoms with Crippen molar-refractivity contribution in [3.8, 4) is 11.4 Å². The van der Waals surface area contributed by atoms with E-state index in [2.05, 4.69) is 23.0 Å². The molecule has 0 radical (unpaired) electrons. The van der Waals surface area contributed by atoms with Crippen LogP contribution in [0.4, 0.5) is 0 Å². The lowest BCUT2D eigenvalue weighted by molar-refractivity contribution is 0.935. The number of hydrogen-bond donors (Lipinski definition) is 0. The molecular formula is C15H16N4S. The Balaban J connectivity index is 2.22. The van der Waals surface area contributed by atoms with Crippen LogP contribution in [-0.2, 0) is 7.05 Å². The number of thioether (sulfide) groups is 1. The first-order valence-corrected chi connectivity index (χ1v) is 7.55. The number of pyridine rings is 2. The fraction of sp³-hybridized carbons (Fsp3) is 0.267. The minimum Gasteiger partial charge on any atom is -0.312 e. The van der Waals surface area contributed by atoms with E-state index < -0.39 is 0 Å². The highest BCUT2D eigenvalue weighted by Gasteiger charge is 2.14. The normalized spacial score (nSPS) is 11.2. The topological polar surface area (TPSA) is 43.6 Å². The van der Waals surface area contributed by atoms with Crippen molar-refractivity contribution in [2.24, 2.45) is 7.05 Å². The van der Waals surface area contributed by atoms with Gasteiger partial charge in [-0.3, -0.25) is 4.98 Å². The highest BCUT2D eigenvalue weighted by Crippen LogP contribution is 2.31. The minimum atomic E-state index is 0.905. The number of aryl methyl sites for hydroxylation is 2. The Morgan fingerprint density at radius 3 is 2.95 bits per heavy atom. The maximum Gasteiger partial charge on any atom is 0.160 e. The summed E-state index contributed by atoms with van der Waals surface area (Å²) in [7, 11) is 2.00. The van der Waals surface area contributed by atoms with Crippen LogP contribution in [0.3, 0.4) is 0 Å². The quantitative estimate of drug-likeness (QED) is 0.691. The van der Waals surface area contributed by atoms with Crippen LogP contribution in [0.2, 0.25) is 0 Å². The Labute approximate surface area is 122 Å². The first kappa shape index (κ1) is 13.1. The molecule has 4 nitrogen and oxygen atoms in total. The minimum absolute atomic E-state index is 0.905. The molecule has 0 spiro atoms. The summed E-state index contributed by atoms with van der Waals surface area (Å²) >= 11 is 1.80. The van der Waals surface area contributed by atoms with Crippen LogP contribution in [-0.4, -0.2) is 25.3 Å². The van der Waals surface area contributed by atoms with Crippen molar-refractivity contribution in [2.45, 2.75) is 18.7 Å². The molecule has 5 heteroatoms. The Bertz CT molecular complexity index is 764. The zero-order chi connectivity index (χ0) is 14.1. The van der Waals surface area contributed by atoms with E-state index in [-0.39, 0.29) is 0 Å². The molecule has 0 aliphatic heterocycles. The summed E-state index contributed by atoms with van der Waals surface area (Å²) in [5.41, 5.74) is 4.02. The molecule has 0 saturated heterocycles. The highest BCUT2D eigenvalue weighted by molar-refractivity contribution is 7.99. The molecule has 0 amide bonds. The Morgan fingerprint density at radius 1 is 1.30 bits per heavy atom. The molecule has 0 aliphatic carbocycles. The van der Waals surface area contributed by atoms with Gasteiger partial charge in [0.15, 0.2) is 5.65 Å². The van der Waals surface area contributed by atoms with Gasteiger partial charge in [0.1, 0.15) is 11.3 Å². The lowest BCUT2D eigenvalue weighted by Crippen LogP contribution is -1.96. The molecule has 0 N–H and O–H groups in total. The van der Waals surface area contributed by atoms with Gasteiger partial charge in [0.25, 0.3) is 0 Å². The van der Waals surface area contributed by atoms with Crippen molar-refractivity contribution >= 4 is 22.9 Å². The highest BCUT2D eigenvalue weighted by atomic mass is 32.2. The number of rotatable bonds is 3. The molecule has 0 saturated carbocycles. The molecule has 0 aromatic carbocycles. The maximum atomic E-state index is 4.73. The number of hydrogen-bond acceptors (Lipinski definition) is 4. The van der Waals surface area contributed by atoms with E-state index >= 15 is 0 Å². The van der Waals surface area contributed by atoms with Gasteiger partial charge < -0.3 is 4.57 Å². The second-order valence-corrected chi connectivity index (χ2v) is 5.96. The van der Waals surface area contributed by atoms with Crippen molar-refractivity contribution in [1.82, 2.24) is 19.5 Å². The molecule has 0 fully saturated rings. The average molecular weight is 284 g/mol. The van der Waals surface area contributed by atoms with Crippen molar-refractivity contribution < 1.29 is 0 Å². The summed E-state index contributed by atoms with van der Waals surface area (Å²) in [4.78, 5) is 14.7. The standard InChI is InChI=1S/C15H16N4S/c1-4-20-13-5-6-16-9-11(13)14-18-12-7-10(2)8-17-15(12)19(14)3/h5-9H,4H2,1-3H3. The Hall–Kier alpha value is -1.88. The summed E-state index contributed by atoms with van der Waals surface area (Å²) in [5.74, 6) is 1.94. The van der Waals surface area contributed by atoms with E-state index in [0.29, 0.717) is 0 Å². The zero-order valence-electron chi connectivity index (χ0n) is 11.8. The molecule has 0 unspecified atom stereocenters. The molecule has 3 heterocycles. The summed E-state index contributed by atoms with van der Waals surface area (Å²) in [6.45, 7) is 4.18. The third kappa shape index (κ3) is 2.18.